The molecule has 2 aromatic heterocycles. The molecule has 0 bridgehead atoms. The molecule has 1 N–H and O–H groups in total. The molecule has 0 saturated heterocycles. The zero-order valence-electron chi connectivity index (χ0n) is 10.7. The van der Waals surface area contributed by atoms with Crippen molar-refractivity contribution in [2.75, 3.05) is 0 Å². The van der Waals surface area contributed by atoms with Gasteiger partial charge >= 0.3 is 0 Å². The van der Waals surface area contributed by atoms with Crippen molar-refractivity contribution >= 4 is 17.2 Å². The molecule has 1 atom stereocenters. The molecule has 3 nitrogen and oxygen atoms in total. The molecule has 0 aromatic carbocycles. The lowest BCUT2D eigenvalue weighted by molar-refractivity contribution is 0.0922. The monoisotopic (exact) mass is 275 g/mol. The molecule has 1 unspecified atom stereocenters. The van der Waals surface area contributed by atoms with Gasteiger partial charge in [-0.1, -0.05) is 18.9 Å². The van der Waals surface area contributed by atoms with Crippen molar-refractivity contribution in [1.82, 2.24) is 5.32 Å². The van der Waals surface area contributed by atoms with Crippen molar-refractivity contribution in [2.24, 2.45) is 5.92 Å². The van der Waals surface area contributed by atoms with Gasteiger partial charge in [-0.05, 0) is 36.3 Å². The van der Waals surface area contributed by atoms with E-state index in [1.165, 1.54) is 43.1 Å². The van der Waals surface area contributed by atoms with Gasteiger partial charge in [0.05, 0.1) is 17.9 Å². The lowest BCUT2D eigenvalue weighted by Crippen LogP contribution is -2.32. The molecule has 2 heterocycles. The first-order valence-electron chi connectivity index (χ1n) is 6.71. The Balaban J connectivity index is 1.77. The summed E-state index contributed by atoms with van der Waals surface area (Å²) < 4.78 is 4.98. The quantitative estimate of drug-likeness (QED) is 0.916. The van der Waals surface area contributed by atoms with E-state index in [2.05, 4.69) is 16.8 Å². The summed E-state index contributed by atoms with van der Waals surface area (Å²) in [4.78, 5) is 13.5. The molecule has 3 rings (SSSR count). The highest BCUT2D eigenvalue weighted by molar-refractivity contribution is 7.10. The van der Waals surface area contributed by atoms with E-state index in [1.807, 2.05) is 6.07 Å². The number of carbonyl (C=O) groups is 1. The Hall–Kier alpha value is -1.55. The Morgan fingerprint density at radius 3 is 2.84 bits per heavy atom. The zero-order valence-corrected chi connectivity index (χ0v) is 11.5. The number of rotatable bonds is 4. The summed E-state index contributed by atoms with van der Waals surface area (Å²) in [5.41, 5.74) is 0.597. The number of nitrogens with one attached hydrogen (secondary N) is 1. The van der Waals surface area contributed by atoms with Gasteiger partial charge in [-0.25, -0.2) is 0 Å². The van der Waals surface area contributed by atoms with Crippen LogP contribution in [0.25, 0.3) is 0 Å². The van der Waals surface area contributed by atoms with Crippen LogP contribution < -0.4 is 5.32 Å². The molecule has 1 fully saturated rings. The standard InChI is InChI=1S/C15H17NO2S/c17-15(12-7-8-18-10-12)16-14(11-4-1-2-5-11)13-6-3-9-19-13/h3,6-11,14H,1-2,4-5H2,(H,16,17). The van der Waals surface area contributed by atoms with E-state index < -0.39 is 0 Å². The van der Waals surface area contributed by atoms with Crippen molar-refractivity contribution in [3.05, 3.63) is 46.5 Å². The second-order valence-electron chi connectivity index (χ2n) is 5.02. The number of furan rings is 1. The number of hydrogen-bond donors (Lipinski definition) is 1. The third kappa shape index (κ3) is 2.73. The van der Waals surface area contributed by atoms with E-state index in [0.717, 1.165) is 0 Å². The van der Waals surface area contributed by atoms with Crippen LogP contribution in [0.4, 0.5) is 0 Å². The molecule has 0 radical (unpaired) electrons. The van der Waals surface area contributed by atoms with E-state index in [9.17, 15) is 4.79 Å². The smallest absolute Gasteiger partial charge is 0.255 e. The minimum absolute atomic E-state index is 0.0425. The molecule has 4 heteroatoms. The number of carbonyl (C=O) groups excluding carboxylic acids is 1. The second kappa shape index (κ2) is 5.61. The van der Waals surface area contributed by atoms with Gasteiger partial charge in [0.25, 0.3) is 5.91 Å². The summed E-state index contributed by atoms with van der Waals surface area (Å²) >= 11 is 1.72. The van der Waals surface area contributed by atoms with E-state index in [-0.39, 0.29) is 11.9 Å². The first-order chi connectivity index (χ1) is 9.34. The summed E-state index contributed by atoms with van der Waals surface area (Å²) in [6, 6.07) is 6.01. The molecular weight excluding hydrogens is 258 g/mol. The molecule has 19 heavy (non-hydrogen) atoms. The third-order valence-corrected chi connectivity index (χ3v) is 4.75. The summed E-state index contributed by atoms with van der Waals surface area (Å²) in [6.07, 6.45) is 7.98. The normalized spacial score (nSPS) is 17.5. The van der Waals surface area contributed by atoms with Gasteiger partial charge in [-0.3, -0.25) is 4.79 Å². The average Bonchev–Trinajstić information content (AvgIpc) is 3.17. The van der Waals surface area contributed by atoms with Gasteiger partial charge < -0.3 is 9.73 Å². The van der Waals surface area contributed by atoms with E-state index in [4.69, 9.17) is 4.42 Å². The number of thiophene rings is 1. The minimum Gasteiger partial charge on any atom is -0.472 e. The van der Waals surface area contributed by atoms with Crippen molar-refractivity contribution in [3.63, 3.8) is 0 Å². The van der Waals surface area contributed by atoms with Crippen LogP contribution >= 0.6 is 11.3 Å². The Morgan fingerprint density at radius 2 is 2.21 bits per heavy atom. The van der Waals surface area contributed by atoms with Crippen LogP contribution in [0.5, 0.6) is 0 Å². The van der Waals surface area contributed by atoms with Crippen molar-refractivity contribution in [3.8, 4) is 0 Å². The maximum atomic E-state index is 12.2. The second-order valence-corrected chi connectivity index (χ2v) is 6.00. The molecule has 2 aromatic rings. The van der Waals surface area contributed by atoms with Crippen LogP contribution in [0, 0.1) is 5.92 Å². The topological polar surface area (TPSA) is 42.2 Å². The number of hydrogen-bond acceptors (Lipinski definition) is 3. The fourth-order valence-electron chi connectivity index (χ4n) is 2.80. The van der Waals surface area contributed by atoms with Gasteiger partial charge in [0.15, 0.2) is 0 Å². The fourth-order valence-corrected chi connectivity index (χ4v) is 3.67. The Labute approximate surface area is 116 Å². The predicted molar refractivity (Wildman–Crippen MR) is 75.2 cm³/mol. The lowest BCUT2D eigenvalue weighted by atomic mass is 9.96. The molecule has 1 aliphatic rings. The van der Waals surface area contributed by atoms with Crippen LogP contribution in [0.3, 0.4) is 0 Å². The maximum Gasteiger partial charge on any atom is 0.255 e. The molecule has 1 saturated carbocycles. The molecule has 0 spiro atoms. The summed E-state index contributed by atoms with van der Waals surface area (Å²) in [6.45, 7) is 0. The van der Waals surface area contributed by atoms with Crippen LogP contribution in [-0.2, 0) is 0 Å². The van der Waals surface area contributed by atoms with Crippen LogP contribution in [0.2, 0.25) is 0 Å². The highest BCUT2D eigenvalue weighted by Gasteiger charge is 2.28. The van der Waals surface area contributed by atoms with Gasteiger partial charge in [0.1, 0.15) is 6.26 Å². The third-order valence-electron chi connectivity index (χ3n) is 3.79. The first kappa shape index (κ1) is 12.5. The molecule has 1 amide bonds. The SMILES string of the molecule is O=C(NC(c1cccs1)C1CCCC1)c1ccoc1. The van der Waals surface area contributed by atoms with E-state index >= 15 is 0 Å². The lowest BCUT2D eigenvalue weighted by Gasteiger charge is -2.23. The van der Waals surface area contributed by atoms with Gasteiger partial charge in [-0.2, -0.15) is 0 Å². The summed E-state index contributed by atoms with van der Waals surface area (Å²) in [7, 11) is 0. The zero-order chi connectivity index (χ0) is 13.1. The molecule has 100 valence electrons. The Kier molecular flexibility index (Phi) is 3.69. The van der Waals surface area contributed by atoms with Crippen LogP contribution in [0.15, 0.2) is 40.5 Å². The van der Waals surface area contributed by atoms with Gasteiger partial charge in [-0.15, -0.1) is 11.3 Å². The van der Waals surface area contributed by atoms with Crippen LogP contribution in [0.1, 0.15) is 47.0 Å². The van der Waals surface area contributed by atoms with Crippen LogP contribution in [-0.4, -0.2) is 5.91 Å². The van der Waals surface area contributed by atoms with E-state index in [0.29, 0.717) is 11.5 Å². The Bertz CT molecular complexity index is 512. The molecular formula is C15H17NO2S. The van der Waals surface area contributed by atoms with E-state index in [1.54, 1.807) is 17.4 Å². The first-order valence-corrected chi connectivity index (χ1v) is 7.59. The summed E-state index contributed by atoms with van der Waals surface area (Å²) in [5, 5.41) is 5.25. The van der Waals surface area contributed by atoms with Gasteiger partial charge in [0.2, 0.25) is 0 Å². The van der Waals surface area contributed by atoms with Crippen molar-refractivity contribution in [1.29, 1.82) is 0 Å². The average molecular weight is 275 g/mol. The van der Waals surface area contributed by atoms with Gasteiger partial charge in [0, 0.05) is 4.88 Å². The minimum atomic E-state index is -0.0425. The maximum absolute atomic E-state index is 12.2. The molecule has 0 aliphatic heterocycles. The Morgan fingerprint density at radius 1 is 1.37 bits per heavy atom. The molecule has 1 aliphatic carbocycles. The highest BCUT2D eigenvalue weighted by Crippen LogP contribution is 2.37. The van der Waals surface area contributed by atoms with Crippen molar-refractivity contribution < 1.29 is 9.21 Å². The largest absolute Gasteiger partial charge is 0.472 e. The van der Waals surface area contributed by atoms with Crippen molar-refractivity contribution in [2.45, 2.75) is 31.7 Å². The number of amides is 1. The fraction of sp³-hybridized carbons (Fsp3) is 0.400. The predicted octanol–water partition coefficient (Wildman–Crippen LogP) is 4.00. The highest BCUT2D eigenvalue weighted by atomic mass is 32.1. The summed E-state index contributed by atoms with van der Waals surface area (Å²) in [5.74, 6) is 0.522.